The molecule has 36 heavy (non-hydrogen) atoms. The molecule has 0 radical (unpaired) electrons. The van der Waals surface area contributed by atoms with Crippen molar-refractivity contribution in [1.29, 1.82) is 0 Å². The summed E-state index contributed by atoms with van der Waals surface area (Å²) in [5, 5.41) is 7.62. The third-order valence-corrected chi connectivity index (χ3v) is 6.25. The number of anilines is 1. The largest absolute Gasteiger partial charge is 0.416 e. The van der Waals surface area contributed by atoms with Crippen molar-refractivity contribution in [2.24, 2.45) is 5.92 Å². The van der Waals surface area contributed by atoms with E-state index in [1.807, 2.05) is 30.3 Å². The number of hydrogen-bond donors (Lipinski definition) is 3. The number of ether oxygens (including phenoxy) is 1. The summed E-state index contributed by atoms with van der Waals surface area (Å²) < 4.78 is 44.9. The van der Waals surface area contributed by atoms with E-state index in [1.165, 1.54) is 0 Å². The van der Waals surface area contributed by atoms with Crippen LogP contribution in [0, 0.1) is 5.92 Å². The summed E-state index contributed by atoms with van der Waals surface area (Å²) in [6.45, 7) is 1.93. The normalized spacial score (nSPS) is 20.3. The predicted molar refractivity (Wildman–Crippen MR) is 129 cm³/mol. The first-order valence-electron chi connectivity index (χ1n) is 11.3. The third-order valence-electron chi connectivity index (χ3n) is 6.03. The molecule has 2 heterocycles. The van der Waals surface area contributed by atoms with Crippen LogP contribution >= 0.6 is 11.6 Å². The SMILES string of the molecule is CC(C)(OCc1cc(Cl)cc(C2=CC(NC(=O)[C@@H]3CNC(=O)C3)NN2c2ccccc2)c1)C(F)(F)F. The Kier molecular flexibility index (Phi) is 7.31. The molecule has 1 fully saturated rings. The Labute approximate surface area is 211 Å². The van der Waals surface area contributed by atoms with Gasteiger partial charge in [0.1, 0.15) is 6.17 Å². The number of alkyl halides is 3. The fourth-order valence-corrected chi connectivity index (χ4v) is 4.11. The van der Waals surface area contributed by atoms with Gasteiger partial charge in [-0.05, 0) is 55.8 Å². The van der Waals surface area contributed by atoms with Gasteiger partial charge in [-0.3, -0.25) is 14.6 Å². The van der Waals surface area contributed by atoms with Crippen LogP contribution in [0.15, 0.2) is 54.6 Å². The first-order valence-corrected chi connectivity index (χ1v) is 11.7. The molecule has 1 unspecified atom stereocenters. The maximum Gasteiger partial charge on any atom is 0.416 e. The summed E-state index contributed by atoms with van der Waals surface area (Å²) in [4.78, 5) is 24.2. The fourth-order valence-electron chi connectivity index (χ4n) is 3.86. The quantitative estimate of drug-likeness (QED) is 0.509. The predicted octanol–water partition coefficient (Wildman–Crippen LogP) is 4.14. The summed E-state index contributed by atoms with van der Waals surface area (Å²) in [5.74, 6) is -0.904. The number of hydrazine groups is 1. The number of nitrogens with zero attached hydrogens (tertiary/aromatic N) is 1. The summed E-state index contributed by atoms with van der Waals surface area (Å²) in [6, 6.07) is 14.2. The van der Waals surface area contributed by atoms with Crippen molar-refractivity contribution in [1.82, 2.24) is 16.1 Å². The molecule has 0 aromatic heterocycles. The molecule has 0 spiro atoms. The number of halogens is 4. The van der Waals surface area contributed by atoms with E-state index < -0.39 is 23.9 Å². The second-order valence-corrected chi connectivity index (χ2v) is 9.62. The highest BCUT2D eigenvalue weighted by molar-refractivity contribution is 6.30. The Morgan fingerprint density at radius 1 is 1.19 bits per heavy atom. The van der Waals surface area contributed by atoms with E-state index in [4.69, 9.17) is 16.3 Å². The number of hydrogen-bond acceptors (Lipinski definition) is 5. The van der Waals surface area contributed by atoms with Crippen LogP contribution in [0.2, 0.25) is 5.02 Å². The molecule has 7 nitrogen and oxygen atoms in total. The minimum atomic E-state index is -4.53. The standard InChI is InChI=1S/C25H26ClF3N4O3/c1-24(2,25(27,28)29)36-14-15-8-16(10-18(26)9-15)20-12-21(31-23(35)17-11-22(34)30-13-17)32-33(20)19-6-4-3-5-7-19/h3-10,12,17,21,32H,11,13-14H2,1-2H3,(H,30,34)(H,31,35)/t17-,21?/m0/s1. The molecule has 2 aromatic rings. The molecule has 2 amide bonds. The van der Waals surface area contributed by atoms with Gasteiger partial charge in [0.25, 0.3) is 0 Å². The van der Waals surface area contributed by atoms with Crippen LogP contribution in [0.4, 0.5) is 18.9 Å². The molecule has 0 bridgehead atoms. The summed E-state index contributed by atoms with van der Waals surface area (Å²) in [6.07, 6.45) is -3.21. The number of benzene rings is 2. The number of amides is 2. The van der Waals surface area contributed by atoms with Crippen LogP contribution in [0.5, 0.6) is 0 Å². The molecule has 2 aromatic carbocycles. The van der Waals surface area contributed by atoms with Gasteiger partial charge in [0.2, 0.25) is 11.8 Å². The Morgan fingerprint density at radius 3 is 2.56 bits per heavy atom. The highest BCUT2D eigenvalue weighted by atomic mass is 35.5. The average molecular weight is 523 g/mol. The lowest BCUT2D eigenvalue weighted by Crippen LogP contribution is -2.48. The van der Waals surface area contributed by atoms with Crippen LogP contribution in [0.3, 0.4) is 0 Å². The molecule has 11 heteroatoms. The second-order valence-electron chi connectivity index (χ2n) is 9.19. The van der Waals surface area contributed by atoms with E-state index in [2.05, 4.69) is 16.1 Å². The Bertz CT molecular complexity index is 1170. The molecule has 2 aliphatic rings. The van der Waals surface area contributed by atoms with E-state index >= 15 is 0 Å². The first kappa shape index (κ1) is 26.0. The van der Waals surface area contributed by atoms with Crippen LogP contribution < -0.4 is 21.1 Å². The highest BCUT2D eigenvalue weighted by Gasteiger charge is 2.48. The second kappa shape index (κ2) is 10.1. The number of carbonyl (C=O) groups excluding carboxylic acids is 2. The highest BCUT2D eigenvalue weighted by Crippen LogP contribution is 2.35. The summed E-state index contributed by atoms with van der Waals surface area (Å²) >= 11 is 6.33. The minimum Gasteiger partial charge on any atom is -0.361 e. The molecule has 2 aliphatic heterocycles. The summed E-state index contributed by atoms with van der Waals surface area (Å²) in [7, 11) is 0. The lowest BCUT2D eigenvalue weighted by Gasteiger charge is -2.28. The zero-order valence-electron chi connectivity index (χ0n) is 19.7. The number of rotatable bonds is 7. The van der Waals surface area contributed by atoms with Gasteiger partial charge in [0, 0.05) is 23.6 Å². The summed E-state index contributed by atoms with van der Waals surface area (Å²) in [5.41, 5.74) is 3.39. The van der Waals surface area contributed by atoms with Gasteiger partial charge in [-0.25, -0.2) is 5.43 Å². The maximum atomic E-state index is 13.2. The fraction of sp³-hybridized carbons (Fsp3) is 0.360. The molecule has 0 aliphatic carbocycles. The molecule has 192 valence electrons. The number of carbonyl (C=O) groups is 2. The van der Waals surface area contributed by atoms with Crippen molar-refractivity contribution in [2.45, 2.75) is 44.8 Å². The van der Waals surface area contributed by atoms with Crippen molar-refractivity contribution in [3.05, 3.63) is 70.8 Å². The van der Waals surface area contributed by atoms with Gasteiger partial charge in [0.05, 0.1) is 23.9 Å². The van der Waals surface area contributed by atoms with Crippen molar-refractivity contribution in [3.8, 4) is 0 Å². The maximum absolute atomic E-state index is 13.2. The minimum absolute atomic E-state index is 0.128. The van der Waals surface area contributed by atoms with Crippen molar-refractivity contribution < 1.29 is 27.5 Å². The van der Waals surface area contributed by atoms with Crippen LogP contribution in [0.25, 0.3) is 5.70 Å². The molecular weight excluding hydrogens is 497 g/mol. The van der Waals surface area contributed by atoms with E-state index in [1.54, 1.807) is 29.3 Å². The van der Waals surface area contributed by atoms with Crippen LogP contribution in [-0.2, 0) is 20.9 Å². The Hall–Kier alpha value is -3.08. The topological polar surface area (TPSA) is 82.7 Å². The Balaban J connectivity index is 1.60. The van der Waals surface area contributed by atoms with Gasteiger partial charge in [0.15, 0.2) is 5.60 Å². The monoisotopic (exact) mass is 522 g/mol. The van der Waals surface area contributed by atoms with Crippen molar-refractivity contribution in [2.75, 3.05) is 11.6 Å². The third kappa shape index (κ3) is 5.83. The first-order chi connectivity index (χ1) is 16.9. The lowest BCUT2D eigenvalue weighted by atomic mass is 10.1. The smallest absolute Gasteiger partial charge is 0.361 e. The van der Waals surface area contributed by atoms with Gasteiger partial charge < -0.3 is 15.4 Å². The lowest BCUT2D eigenvalue weighted by molar-refractivity contribution is -0.267. The van der Waals surface area contributed by atoms with Gasteiger partial charge >= 0.3 is 6.18 Å². The molecule has 3 N–H and O–H groups in total. The molecule has 4 rings (SSSR count). The van der Waals surface area contributed by atoms with E-state index in [0.717, 1.165) is 19.5 Å². The molecule has 1 saturated heterocycles. The van der Waals surface area contributed by atoms with Crippen LogP contribution in [-0.4, -0.2) is 36.3 Å². The van der Waals surface area contributed by atoms with Gasteiger partial charge in [-0.1, -0.05) is 29.8 Å². The zero-order valence-corrected chi connectivity index (χ0v) is 20.4. The number of nitrogens with one attached hydrogen (secondary N) is 3. The van der Waals surface area contributed by atoms with Crippen molar-refractivity contribution >= 4 is 34.8 Å². The molecule has 0 saturated carbocycles. The van der Waals surface area contributed by atoms with Crippen LogP contribution in [0.1, 0.15) is 31.4 Å². The zero-order chi connectivity index (χ0) is 26.1. The average Bonchev–Trinajstić information content (AvgIpc) is 3.44. The molecular formula is C25H26ClF3N4O3. The Morgan fingerprint density at radius 2 is 1.92 bits per heavy atom. The number of para-hydroxylation sites is 1. The van der Waals surface area contributed by atoms with Gasteiger partial charge in [-0.2, -0.15) is 13.2 Å². The van der Waals surface area contributed by atoms with E-state index in [9.17, 15) is 22.8 Å². The van der Waals surface area contributed by atoms with Gasteiger partial charge in [-0.15, -0.1) is 0 Å². The van der Waals surface area contributed by atoms with E-state index in [-0.39, 0.29) is 31.4 Å². The van der Waals surface area contributed by atoms with E-state index in [0.29, 0.717) is 21.8 Å². The van der Waals surface area contributed by atoms with Crippen molar-refractivity contribution in [3.63, 3.8) is 0 Å². The molecule has 2 atom stereocenters.